The van der Waals surface area contributed by atoms with Crippen molar-refractivity contribution in [2.75, 3.05) is 6.54 Å². The van der Waals surface area contributed by atoms with E-state index in [2.05, 4.69) is 0 Å². The minimum Gasteiger partial charge on any atom is -0.444 e. The number of nitrogens with zero attached hydrogens (tertiary/aromatic N) is 2. The van der Waals surface area contributed by atoms with Crippen LogP contribution >= 0.6 is 0 Å². The van der Waals surface area contributed by atoms with E-state index in [0.717, 1.165) is 11.1 Å². The Bertz CT molecular complexity index is 555. The number of fused-ring (bicyclic) bond motifs is 1. The summed E-state index contributed by atoms with van der Waals surface area (Å²) in [5.74, 6) is 0. The second kappa shape index (κ2) is 4.72. The molecule has 0 saturated carbocycles. The van der Waals surface area contributed by atoms with Crippen molar-refractivity contribution < 1.29 is 9.53 Å². The largest absolute Gasteiger partial charge is 0.444 e. The Morgan fingerprint density at radius 2 is 2.05 bits per heavy atom. The summed E-state index contributed by atoms with van der Waals surface area (Å²) in [6.45, 7) is 6.51. The molecule has 5 heteroatoms. The standard InChI is InChI=1S/C14H20N2O3/c1-14(2,3)19-13(18)16-8-6-11-10(9-16)5-7-15(4)12(11)17/h5,7H,6,8-9H2,1-4H3. The molecule has 0 N–H and O–H groups in total. The van der Waals surface area contributed by atoms with Gasteiger partial charge in [-0.3, -0.25) is 4.79 Å². The van der Waals surface area contributed by atoms with Crippen molar-refractivity contribution in [3.05, 3.63) is 33.7 Å². The lowest BCUT2D eigenvalue weighted by Gasteiger charge is -2.31. The molecule has 0 atom stereocenters. The summed E-state index contributed by atoms with van der Waals surface area (Å²) in [6.07, 6.45) is 2.00. The molecule has 0 aliphatic carbocycles. The van der Waals surface area contributed by atoms with Gasteiger partial charge in [0, 0.05) is 31.9 Å². The van der Waals surface area contributed by atoms with E-state index in [-0.39, 0.29) is 11.7 Å². The summed E-state index contributed by atoms with van der Waals surface area (Å²) < 4.78 is 6.92. The van der Waals surface area contributed by atoms with E-state index in [1.807, 2.05) is 26.8 Å². The van der Waals surface area contributed by atoms with Crippen LogP contribution in [-0.2, 0) is 24.8 Å². The number of amides is 1. The Balaban J connectivity index is 2.17. The highest BCUT2D eigenvalue weighted by molar-refractivity contribution is 5.68. The quantitative estimate of drug-likeness (QED) is 0.716. The molecule has 0 spiro atoms. The van der Waals surface area contributed by atoms with Crippen LogP contribution in [0.2, 0.25) is 0 Å². The van der Waals surface area contributed by atoms with Crippen LogP contribution in [0, 0.1) is 0 Å². The second-order valence-corrected chi connectivity index (χ2v) is 5.89. The monoisotopic (exact) mass is 264 g/mol. The van der Waals surface area contributed by atoms with Gasteiger partial charge in [-0.1, -0.05) is 0 Å². The maximum absolute atomic E-state index is 12.0. The highest BCUT2D eigenvalue weighted by Crippen LogP contribution is 2.18. The smallest absolute Gasteiger partial charge is 0.410 e. The lowest BCUT2D eigenvalue weighted by molar-refractivity contribution is 0.0223. The molecule has 1 aromatic rings. The number of aryl methyl sites for hydroxylation is 1. The van der Waals surface area contributed by atoms with Crippen molar-refractivity contribution in [3.8, 4) is 0 Å². The van der Waals surface area contributed by atoms with Gasteiger partial charge in [0.1, 0.15) is 5.60 Å². The number of carbonyl (C=O) groups is 1. The minimum atomic E-state index is -0.496. The maximum atomic E-state index is 12.0. The fourth-order valence-corrected chi connectivity index (χ4v) is 2.15. The molecule has 0 aromatic carbocycles. The van der Waals surface area contributed by atoms with Crippen LogP contribution in [0.1, 0.15) is 31.9 Å². The Morgan fingerprint density at radius 3 is 2.68 bits per heavy atom. The molecular weight excluding hydrogens is 244 g/mol. The summed E-state index contributed by atoms with van der Waals surface area (Å²) >= 11 is 0. The molecule has 19 heavy (non-hydrogen) atoms. The molecule has 2 rings (SSSR count). The molecule has 1 aliphatic rings. The average molecular weight is 264 g/mol. The molecule has 1 amide bonds. The maximum Gasteiger partial charge on any atom is 0.410 e. The van der Waals surface area contributed by atoms with Crippen molar-refractivity contribution in [1.29, 1.82) is 0 Å². The van der Waals surface area contributed by atoms with Gasteiger partial charge in [0.05, 0.1) is 0 Å². The number of hydrogen-bond donors (Lipinski definition) is 0. The van der Waals surface area contributed by atoms with Gasteiger partial charge in [-0.25, -0.2) is 4.79 Å². The van der Waals surface area contributed by atoms with Crippen molar-refractivity contribution in [3.63, 3.8) is 0 Å². The van der Waals surface area contributed by atoms with Gasteiger partial charge >= 0.3 is 6.09 Å². The molecule has 2 heterocycles. The first kappa shape index (κ1) is 13.6. The molecule has 0 unspecified atom stereocenters. The molecule has 104 valence electrons. The van der Waals surface area contributed by atoms with Crippen LogP contribution in [0.15, 0.2) is 17.1 Å². The van der Waals surface area contributed by atoms with E-state index in [4.69, 9.17) is 4.74 Å². The van der Waals surface area contributed by atoms with Crippen LogP contribution in [0.25, 0.3) is 0 Å². The average Bonchev–Trinajstić information content (AvgIpc) is 2.31. The third-order valence-corrected chi connectivity index (χ3v) is 3.11. The summed E-state index contributed by atoms with van der Waals surface area (Å²) in [5.41, 5.74) is 1.26. The topological polar surface area (TPSA) is 51.5 Å². The number of rotatable bonds is 0. The zero-order chi connectivity index (χ0) is 14.2. The fraction of sp³-hybridized carbons (Fsp3) is 0.571. The minimum absolute atomic E-state index is 0.0290. The normalized spacial score (nSPS) is 15.1. The lowest BCUT2D eigenvalue weighted by atomic mass is 10.0. The third kappa shape index (κ3) is 2.97. The number of aromatic nitrogens is 1. The predicted octanol–water partition coefficient (Wildman–Crippen LogP) is 1.68. The third-order valence-electron chi connectivity index (χ3n) is 3.11. The van der Waals surface area contributed by atoms with Gasteiger partial charge in [-0.2, -0.15) is 0 Å². The van der Waals surface area contributed by atoms with Crippen molar-refractivity contribution in [2.45, 2.75) is 39.3 Å². The molecule has 0 bridgehead atoms. The first-order chi connectivity index (χ1) is 8.78. The second-order valence-electron chi connectivity index (χ2n) is 5.89. The molecule has 1 aliphatic heterocycles. The van der Waals surface area contributed by atoms with E-state index in [1.54, 1.807) is 22.7 Å². The molecule has 0 radical (unpaired) electrons. The lowest BCUT2D eigenvalue weighted by Crippen LogP contribution is -2.41. The Labute approximate surface area is 112 Å². The number of hydrogen-bond acceptors (Lipinski definition) is 3. The summed E-state index contributed by atoms with van der Waals surface area (Å²) in [4.78, 5) is 25.6. The van der Waals surface area contributed by atoms with Crippen molar-refractivity contribution in [2.24, 2.45) is 7.05 Å². The first-order valence-electron chi connectivity index (χ1n) is 6.43. The summed E-state index contributed by atoms with van der Waals surface area (Å²) in [5, 5.41) is 0. The van der Waals surface area contributed by atoms with Crippen LogP contribution in [0.4, 0.5) is 4.79 Å². The van der Waals surface area contributed by atoms with Crippen LogP contribution in [-0.4, -0.2) is 27.7 Å². The summed E-state index contributed by atoms with van der Waals surface area (Å²) in [6, 6.07) is 1.90. The van der Waals surface area contributed by atoms with Crippen LogP contribution in [0.3, 0.4) is 0 Å². The molecule has 0 saturated heterocycles. The van der Waals surface area contributed by atoms with Crippen molar-refractivity contribution in [1.82, 2.24) is 9.47 Å². The first-order valence-corrected chi connectivity index (χ1v) is 6.43. The number of pyridine rings is 1. The Kier molecular flexibility index (Phi) is 3.39. The predicted molar refractivity (Wildman–Crippen MR) is 72.0 cm³/mol. The van der Waals surface area contributed by atoms with Crippen LogP contribution in [0.5, 0.6) is 0 Å². The van der Waals surface area contributed by atoms with Gasteiger partial charge in [0.2, 0.25) is 0 Å². The van der Waals surface area contributed by atoms with Gasteiger partial charge in [-0.05, 0) is 38.8 Å². The van der Waals surface area contributed by atoms with Gasteiger partial charge < -0.3 is 14.2 Å². The molecule has 0 fully saturated rings. The zero-order valence-corrected chi connectivity index (χ0v) is 11.9. The fourth-order valence-electron chi connectivity index (χ4n) is 2.15. The SMILES string of the molecule is Cn1ccc2c(c1=O)CCN(C(=O)OC(C)(C)C)C2. The van der Waals surface area contributed by atoms with Gasteiger partial charge in [-0.15, -0.1) is 0 Å². The highest BCUT2D eigenvalue weighted by Gasteiger charge is 2.26. The summed E-state index contributed by atoms with van der Waals surface area (Å²) in [7, 11) is 1.74. The van der Waals surface area contributed by atoms with E-state index in [9.17, 15) is 9.59 Å². The Morgan fingerprint density at radius 1 is 1.37 bits per heavy atom. The number of carbonyl (C=O) groups excluding carboxylic acids is 1. The number of ether oxygens (including phenoxy) is 1. The molecular formula is C14H20N2O3. The zero-order valence-electron chi connectivity index (χ0n) is 11.9. The van der Waals surface area contributed by atoms with E-state index < -0.39 is 5.60 Å². The van der Waals surface area contributed by atoms with E-state index in [0.29, 0.717) is 19.5 Å². The molecule has 1 aromatic heterocycles. The van der Waals surface area contributed by atoms with Crippen molar-refractivity contribution >= 4 is 6.09 Å². The molecule has 5 nitrogen and oxygen atoms in total. The van der Waals surface area contributed by atoms with Gasteiger partial charge in [0.25, 0.3) is 5.56 Å². The van der Waals surface area contributed by atoms with Crippen LogP contribution < -0.4 is 5.56 Å². The Hall–Kier alpha value is -1.78. The van der Waals surface area contributed by atoms with E-state index >= 15 is 0 Å². The highest BCUT2D eigenvalue weighted by atomic mass is 16.6. The van der Waals surface area contributed by atoms with Gasteiger partial charge in [0.15, 0.2) is 0 Å². The van der Waals surface area contributed by atoms with E-state index in [1.165, 1.54) is 0 Å².